The smallest absolute Gasteiger partial charge is 0.167 e. The fraction of sp³-hybridized carbons (Fsp3) is 0.267. The van der Waals surface area contributed by atoms with Crippen molar-refractivity contribution in [2.75, 3.05) is 0 Å². The molecule has 1 saturated carbocycles. The summed E-state index contributed by atoms with van der Waals surface area (Å²) in [4.78, 5) is 11.8. The number of carbonyl (C=O) groups excluding carboxylic acids is 1. The summed E-state index contributed by atoms with van der Waals surface area (Å²) in [6.07, 6.45) is 5.51. The van der Waals surface area contributed by atoms with Crippen molar-refractivity contribution in [3.05, 3.63) is 59.4 Å². The largest absolute Gasteiger partial charge is 0.349 e. The molecular weight excluding hydrogens is 248 g/mol. The van der Waals surface area contributed by atoms with Crippen molar-refractivity contribution in [3.8, 4) is 0 Å². The van der Waals surface area contributed by atoms with E-state index in [9.17, 15) is 13.6 Å². The molecule has 0 atom stereocenters. The molecule has 0 amide bonds. The summed E-state index contributed by atoms with van der Waals surface area (Å²) < 4.78 is 27.7. The zero-order chi connectivity index (χ0) is 13.4. The number of carbonyl (C=O) groups is 1. The molecule has 0 N–H and O–H groups in total. The third-order valence-corrected chi connectivity index (χ3v) is 3.33. The van der Waals surface area contributed by atoms with Crippen LogP contribution in [0.2, 0.25) is 0 Å². The molecule has 19 heavy (non-hydrogen) atoms. The normalized spacial score (nSPS) is 14.6. The summed E-state index contributed by atoms with van der Waals surface area (Å²) >= 11 is 0. The predicted molar refractivity (Wildman–Crippen MR) is 66.9 cm³/mol. The first-order valence-electron chi connectivity index (χ1n) is 6.27. The van der Waals surface area contributed by atoms with Gasteiger partial charge in [-0.1, -0.05) is 6.07 Å². The molecule has 1 heterocycles. The highest BCUT2D eigenvalue weighted by molar-refractivity contribution is 5.99. The molecule has 4 heteroatoms. The first kappa shape index (κ1) is 12.1. The van der Waals surface area contributed by atoms with E-state index < -0.39 is 11.6 Å². The Morgan fingerprint density at radius 2 is 2.00 bits per heavy atom. The second-order valence-electron chi connectivity index (χ2n) is 4.96. The van der Waals surface area contributed by atoms with E-state index in [4.69, 9.17) is 0 Å². The third-order valence-electron chi connectivity index (χ3n) is 3.33. The van der Waals surface area contributed by atoms with Gasteiger partial charge in [0.15, 0.2) is 17.4 Å². The fourth-order valence-electron chi connectivity index (χ4n) is 2.11. The minimum atomic E-state index is -0.848. The van der Waals surface area contributed by atoms with Gasteiger partial charge in [-0.25, -0.2) is 8.78 Å². The van der Waals surface area contributed by atoms with Crippen molar-refractivity contribution in [3.63, 3.8) is 0 Å². The molecule has 2 aromatic rings. The lowest BCUT2D eigenvalue weighted by molar-refractivity contribution is 0.0967. The van der Waals surface area contributed by atoms with Gasteiger partial charge in [-0.3, -0.25) is 4.79 Å². The Balaban J connectivity index is 1.75. The summed E-state index contributed by atoms with van der Waals surface area (Å²) in [5.41, 5.74) is 1.37. The lowest BCUT2D eigenvalue weighted by Crippen LogP contribution is -2.01. The van der Waals surface area contributed by atoms with Crippen molar-refractivity contribution < 1.29 is 13.6 Å². The Kier molecular flexibility index (Phi) is 2.93. The van der Waals surface area contributed by atoms with Crippen molar-refractivity contribution in [1.82, 2.24) is 4.57 Å². The van der Waals surface area contributed by atoms with Crippen LogP contribution in [0.3, 0.4) is 0 Å². The molecule has 0 bridgehead atoms. The molecule has 1 aromatic heterocycles. The molecular formula is C15H13F2NO. The molecule has 0 aliphatic heterocycles. The lowest BCUT2D eigenvalue weighted by Gasteiger charge is -2.03. The maximum atomic E-state index is 13.1. The van der Waals surface area contributed by atoms with Gasteiger partial charge in [-0.2, -0.15) is 0 Å². The highest BCUT2D eigenvalue weighted by Crippen LogP contribution is 2.32. The van der Waals surface area contributed by atoms with E-state index in [0.29, 0.717) is 17.7 Å². The summed E-state index contributed by atoms with van der Waals surface area (Å²) in [6.45, 7) is 0.426. The Bertz CT molecular complexity index is 629. The van der Waals surface area contributed by atoms with Gasteiger partial charge in [-0.05, 0) is 36.6 Å². The van der Waals surface area contributed by atoms with E-state index >= 15 is 0 Å². The molecule has 98 valence electrons. The van der Waals surface area contributed by atoms with Gasteiger partial charge in [0.2, 0.25) is 0 Å². The van der Waals surface area contributed by atoms with Crippen LogP contribution in [0.5, 0.6) is 0 Å². The van der Waals surface area contributed by atoms with Crippen molar-refractivity contribution in [1.29, 1.82) is 0 Å². The number of ketones is 1. The Labute approximate surface area is 109 Å². The zero-order valence-corrected chi connectivity index (χ0v) is 10.3. The van der Waals surface area contributed by atoms with Crippen LogP contribution in [0.4, 0.5) is 8.78 Å². The molecule has 1 aliphatic carbocycles. The summed E-state index contributed by atoms with van der Waals surface area (Å²) in [5, 5.41) is 0. The van der Waals surface area contributed by atoms with E-state index in [1.165, 1.54) is 6.07 Å². The van der Waals surface area contributed by atoms with Gasteiger partial charge < -0.3 is 4.57 Å². The van der Waals surface area contributed by atoms with Gasteiger partial charge in [-0.15, -0.1) is 0 Å². The molecule has 0 saturated heterocycles. The van der Waals surface area contributed by atoms with Crippen LogP contribution >= 0.6 is 0 Å². The molecule has 1 aliphatic rings. The highest BCUT2D eigenvalue weighted by atomic mass is 19.2. The molecule has 1 aromatic carbocycles. The number of hydrogen-bond acceptors (Lipinski definition) is 1. The van der Waals surface area contributed by atoms with Crippen LogP contribution in [0, 0.1) is 17.6 Å². The first-order chi connectivity index (χ1) is 9.13. The minimum absolute atomic E-state index is 0.184. The van der Waals surface area contributed by atoms with Crippen LogP contribution in [-0.2, 0) is 6.54 Å². The van der Waals surface area contributed by atoms with Crippen molar-refractivity contribution in [2.24, 2.45) is 5.92 Å². The number of hydrogen-bond donors (Lipinski definition) is 0. The first-order valence-corrected chi connectivity index (χ1v) is 6.27. The molecule has 0 unspecified atom stereocenters. The predicted octanol–water partition coefficient (Wildman–Crippen LogP) is 3.41. The number of Topliss-reactive ketones (excluding diaryl/α,β-unsaturated/α-hetero) is 1. The number of aromatic nitrogens is 1. The van der Waals surface area contributed by atoms with Crippen LogP contribution in [0.15, 0.2) is 36.7 Å². The minimum Gasteiger partial charge on any atom is -0.349 e. The van der Waals surface area contributed by atoms with E-state index in [-0.39, 0.29) is 11.7 Å². The van der Waals surface area contributed by atoms with Gasteiger partial charge >= 0.3 is 0 Å². The Morgan fingerprint density at radius 1 is 1.21 bits per heavy atom. The van der Waals surface area contributed by atoms with Crippen LogP contribution in [0.25, 0.3) is 0 Å². The van der Waals surface area contributed by atoms with Gasteiger partial charge in [0.05, 0.1) is 0 Å². The Morgan fingerprint density at radius 3 is 2.68 bits per heavy atom. The third kappa shape index (κ3) is 2.57. The van der Waals surface area contributed by atoms with E-state index in [2.05, 4.69) is 0 Å². The van der Waals surface area contributed by atoms with Crippen LogP contribution in [0.1, 0.15) is 28.8 Å². The SMILES string of the molecule is O=C(c1ccn(Cc2ccc(F)c(F)c2)c1)C1CC1. The Hall–Kier alpha value is -1.97. The maximum absolute atomic E-state index is 13.1. The number of rotatable bonds is 4. The van der Waals surface area contributed by atoms with Crippen LogP contribution < -0.4 is 0 Å². The highest BCUT2D eigenvalue weighted by Gasteiger charge is 2.30. The number of nitrogens with zero attached hydrogens (tertiary/aromatic N) is 1. The van der Waals surface area contributed by atoms with Gasteiger partial charge in [0.25, 0.3) is 0 Å². The maximum Gasteiger partial charge on any atom is 0.167 e. The van der Waals surface area contributed by atoms with Crippen LogP contribution in [-0.4, -0.2) is 10.4 Å². The van der Waals surface area contributed by atoms with E-state index in [1.807, 2.05) is 4.57 Å². The van der Waals surface area contributed by atoms with Gasteiger partial charge in [0.1, 0.15) is 0 Å². The molecule has 0 radical (unpaired) electrons. The average molecular weight is 261 g/mol. The number of benzene rings is 1. The fourth-order valence-corrected chi connectivity index (χ4v) is 2.11. The van der Waals surface area contributed by atoms with Crippen molar-refractivity contribution >= 4 is 5.78 Å². The lowest BCUT2D eigenvalue weighted by atomic mass is 10.1. The number of halogens is 2. The van der Waals surface area contributed by atoms with E-state index in [0.717, 1.165) is 18.9 Å². The molecule has 3 rings (SSSR count). The monoisotopic (exact) mass is 261 g/mol. The summed E-state index contributed by atoms with van der Waals surface area (Å²) in [6, 6.07) is 5.61. The quantitative estimate of drug-likeness (QED) is 0.773. The summed E-state index contributed by atoms with van der Waals surface area (Å²) in [5.74, 6) is -1.32. The zero-order valence-electron chi connectivity index (χ0n) is 10.3. The average Bonchev–Trinajstić information content (AvgIpc) is 3.14. The molecule has 1 fully saturated rings. The van der Waals surface area contributed by atoms with Crippen molar-refractivity contribution in [2.45, 2.75) is 19.4 Å². The summed E-state index contributed by atoms with van der Waals surface area (Å²) in [7, 11) is 0. The second kappa shape index (κ2) is 4.61. The van der Waals surface area contributed by atoms with Gasteiger partial charge in [0, 0.05) is 30.4 Å². The standard InChI is InChI=1S/C15H13F2NO/c16-13-4-1-10(7-14(13)17)8-18-6-5-12(9-18)15(19)11-2-3-11/h1,4-7,9,11H,2-3,8H2. The molecule has 0 spiro atoms. The second-order valence-corrected chi connectivity index (χ2v) is 4.96. The topological polar surface area (TPSA) is 22.0 Å². The molecule has 2 nitrogen and oxygen atoms in total. The van der Waals surface area contributed by atoms with E-state index in [1.54, 1.807) is 24.5 Å².